The number of carbonyl (C=O) groups excluding carboxylic acids is 1. The smallest absolute Gasteiger partial charge is 0.362 e. The van der Waals surface area contributed by atoms with E-state index in [1.807, 2.05) is 60.0 Å². The van der Waals surface area contributed by atoms with Crippen LogP contribution in [0.15, 0.2) is 65.7 Å². The summed E-state index contributed by atoms with van der Waals surface area (Å²) in [5, 5.41) is 5.35. The third-order valence-electron chi connectivity index (χ3n) is 4.54. The van der Waals surface area contributed by atoms with Gasteiger partial charge in [-0.3, -0.25) is 4.79 Å². The lowest BCUT2D eigenvalue weighted by Gasteiger charge is -2.17. The van der Waals surface area contributed by atoms with Crippen LogP contribution in [0.4, 0.5) is 5.13 Å². The minimum Gasteiger partial charge on any atom is -0.408 e. The van der Waals surface area contributed by atoms with Gasteiger partial charge in [0.2, 0.25) is 5.91 Å². The Morgan fingerprint density at radius 3 is 2.48 bits per heavy atom. The molecule has 29 heavy (non-hydrogen) atoms. The molecule has 1 aromatic heterocycles. The number of hydrogen-bond donors (Lipinski definition) is 3. The minimum atomic E-state index is -3.32. The molecule has 1 heterocycles. The van der Waals surface area contributed by atoms with E-state index < -0.39 is 8.56 Å². The van der Waals surface area contributed by atoms with Gasteiger partial charge in [0.15, 0.2) is 5.13 Å². The maximum absolute atomic E-state index is 12.3. The second-order valence-corrected chi connectivity index (χ2v) is 11.1. The molecule has 3 aromatic rings. The molecular weight excluding hydrogens is 400 g/mol. The number of nitrogens with zero attached hydrogens (tertiary/aromatic N) is 1. The van der Waals surface area contributed by atoms with Gasteiger partial charge in [0, 0.05) is 16.5 Å². The van der Waals surface area contributed by atoms with E-state index in [1.54, 1.807) is 19.9 Å². The molecule has 0 spiro atoms. The van der Waals surface area contributed by atoms with E-state index in [9.17, 15) is 14.4 Å². The predicted octanol–water partition coefficient (Wildman–Crippen LogP) is 4.38. The Morgan fingerprint density at radius 1 is 1.14 bits per heavy atom. The van der Waals surface area contributed by atoms with Crippen molar-refractivity contribution in [3.8, 4) is 11.3 Å². The minimum absolute atomic E-state index is 0.126. The van der Waals surface area contributed by atoms with Crippen molar-refractivity contribution in [2.24, 2.45) is 0 Å². The largest absolute Gasteiger partial charge is 0.408 e. The molecule has 150 valence electrons. The predicted molar refractivity (Wildman–Crippen MR) is 121 cm³/mol. The van der Waals surface area contributed by atoms with Gasteiger partial charge >= 0.3 is 8.56 Å². The molecule has 0 unspecified atom stereocenters. The fraction of sp³-hybridized carbons (Fsp3) is 0.182. The summed E-state index contributed by atoms with van der Waals surface area (Å²) in [4.78, 5) is 36.8. The van der Waals surface area contributed by atoms with E-state index in [1.165, 1.54) is 17.0 Å². The number of hydrogen-bond acceptors (Lipinski definition) is 5. The van der Waals surface area contributed by atoms with Gasteiger partial charge in [-0.05, 0) is 16.8 Å². The van der Waals surface area contributed by atoms with Crippen LogP contribution in [0.2, 0.25) is 5.54 Å². The molecule has 0 bridgehead atoms. The van der Waals surface area contributed by atoms with Crippen molar-refractivity contribution < 1.29 is 14.4 Å². The highest BCUT2D eigenvalue weighted by atomic mass is 32.1. The van der Waals surface area contributed by atoms with Crippen molar-refractivity contribution >= 4 is 37.0 Å². The van der Waals surface area contributed by atoms with Crippen LogP contribution in [0, 0.1) is 0 Å². The fourth-order valence-electron chi connectivity index (χ4n) is 2.58. The van der Waals surface area contributed by atoms with Gasteiger partial charge in [0.1, 0.15) is 0 Å². The van der Waals surface area contributed by atoms with Crippen LogP contribution in [-0.4, -0.2) is 29.0 Å². The molecule has 0 aliphatic rings. The number of thiazole rings is 1. The summed E-state index contributed by atoms with van der Waals surface area (Å²) in [5.41, 5.74) is 4.93. The Balaban J connectivity index is 1.57. The van der Waals surface area contributed by atoms with E-state index in [0.717, 1.165) is 22.4 Å². The fourth-order valence-corrected chi connectivity index (χ4v) is 4.14. The first kappa shape index (κ1) is 21.1. The molecule has 3 rings (SSSR count). The molecule has 3 N–H and O–H groups in total. The SMILES string of the molecule is CC(C)[Si](O)(O)C=Cc1ccc(CC(=O)Nc2nc(-c3ccccc3)cs2)cc1. The molecule has 0 fully saturated rings. The lowest BCUT2D eigenvalue weighted by Crippen LogP contribution is -2.35. The van der Waals surface area contributed by atoms with Crippen LogP contribution in [0.25, 0.3) is 17.3 Å². The third kappa shape index (κ3) is 5.95. The molecule has 0 aliphatic carbocycles. The van der Waals surface area contributed by atoms with Crippen molar-refractivity contribution in [1.82, 2.24) is 4.98 Å². The highest BCUT2D eigenvalue weighted by molar-refractivity contribution is 7.14. The van der Waals surface area contributed by atoms with Gasteiger partial charge in [-0.2, -0.15) is 0 Å². The third-order valence-corrected chi connectivity index (χ3v) is 7.65. The molecule has 5 nitrogen and oxygen atoms in total. The first-order valence-electron chi connectivity index (χ1n) is 9.37. The second-order valence-electron chi connectivity index (χ2n) is 7.14. The summed E-state index contributed by atoms with van der Waals surface area (Å²) < 4.78 is 0. The number of rotatable bonds is 7. The van der Waals surface area contributed by atoms with E-state index in [2.05, 4.69) is 10.3 Å². The number of anilines is 1. The van der Waals surface area contributed by atoms with Gasteiger partial charge in [-0.15, -0.1) is 11.3 Å². The zero-order chi connectivity index (χ0) is 20.9. The summed E-state index contributed by atoms with van der Waals surface area (Å²) in [5.74, 6) is -0.126. The Morgan fingerprint density at radius 2 is 1.83 bits per heavy atom. The molecule has 0 radical (unpaired) electrons. The van der Waals surface area contributed by atoms with Crippen LogP contribution in [-0.2, 0) is 11.2 Å². The number of amides is 1. The molecule has 1 amide bonds. The van der Waals surface area contributed by atoms with Crippen molar-refractivity contribution in [3.05, 3.63) is 76.8 Å². The van der Waals surface area contributed by atoms with Crippen molar-refractivity contribution in [2.75, 3.05) is 5.32 Å². The van der Waals surface area contributed by atoms with Gasteiger partial charge in [-0.1, -0.05) is 74.5 Å². The molecule has 0 saturated carbocycles. The van der Waals surface area contributed by atoms with E-state index in [0.29, 0.717) is 5.13 Å². The maximum Gasteiger partial charge on any atom is 0.362 e. The molecule has 7 heteroatoms. The van der Waals surface area contributed by atoms with Crippen LogP contribution < -0.4 is 5.32 Å². The average Bonchev–Trinajstić information content (AvgIpc) is 3.16. The summed E-state index contributed by atoms with van der Waals surface area (Å²) in [6.45, 7) is 3.59. The summed E-state index contributed by atoms with van der Waals surface area (Å²) in [6, 6.07) is 17.3. The lowest BCUT2D eigenvalue weighted by atomic mass is 10.1. The van der Waals surface area contributed by atoms with Crippen LogP contribution in [0.3, 0.4) is 0 Å². The molecular formula is C22H24N2O3SSi. The Kier molecular flexibility index (Phi) is 6.76. The summed E-state index contributed by atoms with van der Waals surface area (Å²) in [6.07, 6.45) is 1.96. The highest BCUT2D eigenvalue weighted by Crippen LogP contribution is 2.24. The first-order valence-corrected chi connectivity index (χ1v) is 12.3. The van der Waals surface area contributed by atoms with Gasteiger partial charge < -0.3 is 14.9 Å². The van der Waals surface area contributed by atoms with Crippen LogP contribution in [0.1, 0.15) is 25.0 Å². The normalized spacial score (nSPS) is 11.9. The zero-order valence-corrected chi connectivity index (χ0v) is 18.2. The number of carbonyl (C=O) groups is 1. The van der Waals surface area contributed by atoms with Gasteiger partial charge in [0.05, 0.1) is 12.1 Å². The molecule has 0 aliphatic heterocycles. The van der Waals surface area contributed by atoms with Crippen LogP contribution >= 0.6 is 11.3 Å². The number of benzene rings is 2. The lowest BCUT2D eigenvalue weighted by molar-refractivity contribution is -0.115. The Labute approximate surface area is 175 Å². The van der Waals surface area contributed by atoms with Crippen molar-refractivity contribution in [3.63, 3.8) is 0 Å². The zero-order valence-electron chi connectivity index (χ0n) is 16.4. The second kappa shape index (κ2) is 9.28. The van der Waals surface area contributed by atoms with Gasteiger partial charge in [0.25, 0.3) is 0 Å². The molecule has 0 saturated heterocycles. The van der Waals surface area contributed by atoms with Crippen molar-refractivity contribution in [1.29, 1.82) is 0 Å². The van der Waals surface area contributed by atoms with Crippen molar-refractivity contribution in [2.45, 2.75) is 25.8 Å². The summed E-state index contributed by atoms with van der Waals surface area (Å²) >= 11 is 1.40. The van der Waals surface area contributed by atoms with E-state index in [-0.39, 0.29) is 17.9 Å². The maximum atomic E-state index is 12.3. The van der Waals surface area contributed by atoms with E-state index >= 15 is 0 Å². The number of aromatic nitrogens is 1. The summed E-state index contributed by atoms with van der Waals surface area (Å²) in [7, 11) is -3.32. The monoisotopic (exact) mass is 424 g/mol. The van der Waals surface area contributed by atoms with E-state index in [4.69, 9.17) is 0 Å². The first-order chi connectivity index (χ1) is 13.8. The standard InChI is InChI=1S/C22H24N2O3SSi/c1-16(2)29(26,27)13-12-17-8-10-18(11-9-17)14-21(25)24-22-23-20(15-28-22)19-6-4-3-5-7-19/h3-13,15-16,26-27H,14H2,1-2H3,(H,23,24,25). The van der Waals surface area contributed by atoms with Gasteiger partial charge in [-0.25, -0.2) is 4.98 Å². The number of nitrogens with one attached hydrogen (secondary N) is 1. The topological polar surface area (TPSA) is 82.5 Å². The quantitative estimate of drug-likeness (QED) is 0.492. The average molecular weight is 425 g/mol. The molecule has 0 atom stereocenters. The Bertz CT molecular complexity index is 983. The highest BCUT2D eigenvalue weighted by Gasteiger charge is 2.29. The van der Waals surface area contributed by atoms with Crippen LogP contribution in [0.5, 0.6) is 0 Å². The molecule has 2 aromatic carbocycles. The Hall–Kier alpha value is -2.58.